The lowest BCUT2D eigenvalue weighted by molar-refractivity contribution is 0.265. The molecule has 2 heterocycles. The molecule has 0 bridgehead atoms. The second kappa shape index (κ2) is 5.57. The van der Waals surface area contributed by atoms with E-state index in [1.165, 1.54) is 4.31 Å². The van der Waals surface area contributed by atoms with Gasteiger partial charge in [-0.3, -0.25) is 0 Å². The Bertz CT molecular complexity index is 712. The molecular formula is C14H17N3O3S. The van der Waals surface area contributed by atoms with E-state index in [2.05, 4.69) is 10.1 Å². The van der Waals surface area contributed by atoms with Gasteiger partial charge in [0.15, 0.2) is 5.82 Å². The van der Waals surface area contributed by atoms with E-state index in [1.54, 1.807) is 37.3 Å². The predicted molar refractivity (Wildman–Crippen MR) is 76.2 cm³/mol. The van der Waals surface area contributed by atoms with Crippen LogP contribution in [0.15, 0.2) is 39.8 Å². The molecule has 0 spiro atoms. The third-order valence-corrected chi connectivity index (χ3v) is 5.54. The average molecular weight is 307 g/mol. The number of benzene rings is 1. The van der Waals surface area contributed by atoms with E-state index in [4.69, 9.17) is 4.52 Å². The van der Waals surface area contributed by atoms with Crippen LogP contribution in [0, 0.1) is 6.92 Å². The number of sulfonamides is 1. The van der Waals surface area contributed by atoms with Crippen molar-refractivity contribution >= 4 is 10.0 Å². The lowest BCUT2D eigenvalue weighted by atomic mass is 10.00. The molecule has 0 saturated carbocycles. The van der Waals surface area contributed by atoms with Gasteiger partial charge >= 0.3 is 0 Å². The van der Waals surface area contributed by atoms with Crippen molar-refractivity contribution in [2.75, 3.05) is 13.1 Å². The van der Waals surface area contributed by atoms with Crippen molar-refractivity contribution in [2.45, 2.75) is 30.6 Å². The molecular weight excluding hydrogens is 290 g/mol. The minimum Gasteiger partial charge on any atom is -0.339 e. The molecule has 3 rings (SSSR count). The molecule has 6 nitrogen and oxygen atoms in total. The zero-order valence-corrected chi connectivity index (χ0v) is 12.6. The highest BCUT2D eigenvalue weighted by Crippen LogP contribution is 2.29. The molecule has 112 valence electrons. The lowest BCUT2D eigenvalue weighted by Gasteiger charge is -2.30. The Labute approximate surface area is 123 Å². The lowest BCUT2D eigenvalue weighted by Crippen LogP contribution is -2.39. The topological polar surface area (TPSA) is 76.3 Å². The fourth-order valence-electron chi connectivity index (χ4n) is 2.58. The van der Waals surface area contributed by atoms with E-state index in [0.717, 1.165) is 12.8 Å². The maximum atomic E-state index is 12.6. The Kier molecular flexibility index (Phi) is 3.77. The summed E-state index contributed by atoms with van der Waals surface area (Å²) >= 11 is 0. The number of hydrogen-bond acceptors (Lipinski definition) is 5. The Morgan fingerprint density at radius 1 is 1.29 bits per heavy atom. The Morgan fingerprint density at radius 2 is 2.05 bits per heavy atom. The van der Waals surface area contributed by atoms with E-state index in [-0.39, 0.29) is 5.92 Å². The molecule has 1 atom stereocenters. The monoisotopic (exact) mass is 307 g/mol. The normalized spacial score (nSPS) is 20.5. The summed E-state index contributed by atoms with van der Waals surface area (Å²) in [7, 11) is -3.45. The van der Waals surface area contributed by atoms with Crippen molar-refractivity contribution in [3.63, 3.8) is 0 Å². The van der Waals surface area contributed by atoms with E-state index in [9.17, 15) is 8.42 Å². The SMILES string of the molecule is Cc1noc(C2CCCN(S(=O)(=O)c3ccccc3)C2)n1. The minimum atomic E-state index is -3.45. The van der Waals surface area contributed by atoms with Gasteiger partial charge in [-0.15, -0.1) is 0 Å². The molecule has 0 N–H and O–H groups in total. The molecule has 1 aliphatic rings. The van der Waals surface area contributed by atoms with Gasteiger partial charge in [0.1, 0.15) is 0 Å². The van der Waals surface area contributed by atoms with Crippen LogP contribution in [0.25, 0.3) is 0 Å². The van der Waals surface area contributed by atoms with E-state index in [0.29, 0.717) is 29.7 Å². The third-order valence-electron chi connectivity index (χ3n) is 3.66. The van der Waals surface area contributed by atoms with Crippen LogP contribution in [0.3, 0.4) is 0 Å². The molecule has 7 heteroatoms. The van der Waals surface area contributed by atoms with Crippen LogP contribution in [0.5, 0.6) is 0 Å². The number of aromatic nitrogens is 2. The average Bonchev–Trinajstić information content (AvgIpc) is 2.95. The second-order valence-electron chi connectivity index (χ2n) is 5.20. The molecule has 1 unspecified atom stereocenters. The van der Waals surface area contributed by atoms with Crippen LogP contribution in [0.2, 0.25) is 0 Å². The maximum absolute atomic E-state index is 12.6. The minimum absolute atomic E-state index is 0.0292. The third kappa shape index (κ3) is 2.84. The number of aryl methyl sites for hydroxylation is 1. The van der Waals surface area contributed by atoms with Crippen LogP contribution in [-0.2, 0) is 10.0 Å². The second-order valence-corrected chi connectivity index (χ2v) is 7.13. The molecule has 0 amide bonds. The summed E-state index contributed by atoms with van der Waals surface area (Å²) in [6.45, 7) is 2.67. The van der Waals surface area contributed by atoms with Gasteiger partial charge in [0, 0.05) is 13.1 Å². The van der Waals surface area contributed by atoms with Gasteiger partial charge in [0.2, 0.25) is 15.9 Å². The molecule has 1 aromatic heterocycles. The van der Waals surface area contributed by atoms with Gasteiger partial charge in [-0.2, -0.15) is 9.29 Å². The molecule has 2 aromatic rings. The number of nitrogens with zero attached hydrogens (tertiary/aromatic N) is 3. The Balaban J connectivity index is 1.83. The van der Waals surface area contributed by atoms with Crippen LogP contribution in [0.1, 0.15) is 30.5 Å². The quantitative estimate of drug-likeness (QED) is 0.866. The molecule has 1 saturated heterocycles. The molecule has 21 heavy (non-hydrogen) atoms. The molecule has 1 aliphatic heterocycles. The van der Waals surface area contributed by atoms with Crippen molar-refractivity contribution in [3.8, 4) is 0 Å². The van der Waals surface area contributed by atoms with Gasteiger partial charge < -0.3 is 4.52 Å². The number of piperidine rings is 1. The first kappa shape index (κ1) is 14.2. The molecule has 1 aromatic carbocycles. The predicted octanol–water partition coefficient (Wildman–Crippen LogP) is 1.95. The van der Waals surface area contributed by atoms with Gasteiger partial charge in [0.25, 0.3) is 0 Å². The maximum Gasteiger partial charge on any atom is 0.243 e. The fourth-order valence-corrected chi connectivity index (χ4v) is 4.13. The summed E-state index contributed by atoms with van der Waals surface area (Å²) in [5.74, 6) is 1.08. The molecule has 0 radical (unpaired) electrons. The summed E-state index contributed by atoms with van der Waals surface area (Å²) < 4.78 is 32.0. The highest BCUT2D eigenvalue weighted by molar-refractivity contribution is 7.89. The van der Waals surface area contributed by atoms with Crippen molar-refractivity contribution in [1.82, 2.24) is 14.4 Å². The first-order chi connectivity index (χ1) is 10.1. The Hall–Kier alpha value is -1.73. The highest BCUT2D eigenvalue weighted by atomic mass is 32.2. The van der Waals surface area contributed by atoms with Crippen LogP contribution in [0.4, 0.5) is 0 Å². The van der Waals surface area contributed by atoms with Gasteiger partial charge in [0.05, 0.1) is 10.8 Å². The van der Waals surface area contributed by atoms with Crippen LogP contribution in [-0.4, -0.2) is 36.0 Å². The molecule has 1 fully saturated rings. The standard InChI is InChI=1S/C14H17N3O3S/c1-11-15-14(20-16-11)12-6-5-9-17(10-12)21(18,19)13-7-3-2-4-8-13/h2-4,7-8,12H,5-6,9-10H2,1H3. The number of hydrogen-bond donors (Lipinski definition) is 0. The largest absolute Gasteiger partial charge is 0.339 e. The first-order valence-corrected chi connectivity index (χ1v) is 8.37. The van der Waals surface area contributed by atoms with Crippen LogP contribution < -0.4 is 0 Å². The summed E-state index contributed by atoms with van der Waals surface area (Å²) in [6.07, 6.45) is 1.65. The van der Waals surface area contributed by atoms with Crippen molar-refractivity contribution < 1.29 is 12.9 Å². The zero-order valence-electron chi connectivity index (χ0n) is 11.8. The van der Waals surface area contributed by atoms with Gasteiger partial charge in [-0.25, -0.2) is 8.42 Å². The zero-order chi connectivity index (χ0) is 14.9. The van der Waals surface area contributed by atoms with E-state index in [1.807, 2.05) is 0 Å². The van der Waals surface area contributed by atoms with Gasteiger partial charge in [-0.05, 0) is 31.9 Å². The number of rotatable bonds is 3. The first-order valence-electron chi connectivity index (χ1n) is 6.93. The Morgan fingerprint density at radius 3 is 2.71 bits per heavy atom. The van der Waals surface area contributed by atoms with E-state index >= 15 is 0 Å². The van der Waals surface area contributed by atoms with Crippen LogP contribution >= 0.6 is 0 Å². The van der Waals surface area contributed by atoms with Crippen molar-refractivity contribution in [2.24, 2.45) is 0 Å². The summed E-state index contributed by atoms with van der Waals surface area (Å²) in [4.78, 5) is 4.55. The van der Waals surface area contributed by atoms with Crippen molar-refractivity contribution in [3.05, 3.63) is 42.0 Å². The van der Waals surface area contributed by atoms with E-state index < -0.39 is 10.0 Å². The smallest absolute Gasteiger partial charge is 0.243 e. The van der Waals surface area contributed by atoms with Gasteiger partial charge in [-0.1, -0.05) is 23.4 Å². The highest BCUT2D eigenvalue weighted by Gasteiger charge is 2.33. The molecule has 0 aliphatic carbocycles. The summed E-state index contributed by atoms with van der Waals surface area (Å²) in [5, 5.41) is 3.78. The summed E-state index contributed by atoms with van der Waals surface area (Å²) in [6, 6.07) is 8.51. The fraction of sp³-hybridized carbons (Fsp3) is 0.429. The van der Waals surface area contributed by atoms with Crippen molar-refractivity contribution in [1.29, 1.82) is 0 Å². The summed E-state index contributed by atoms with van der Waals surface area (Å²) in [5.41, 5.74) is 0.